The van der Waals surface area contributed by atoms with E-state index in [1.54, 1.807) is 12.3 Å². The Morgan fingerprint density at radius 1 is 1.26 bits per heavy atom. The van der Waals surface area contributed by atoms with Crippen LogP contribution in [-0.2, 0) is 0 Å². The SMILES string of the molecule is [B]COc1cccc2c1ccn2-c1ccnc(N)n1. The number of nitrogen functional groups attached to an aromatic ring is 1. The summed E-state index contributed by atoms with van der Waals surface area (Å²) in [5.41, 5.74) is 6.59. The van der Waals surface area contributed by atoms with Crippen molar-refractivity contribution in [3.8, 4) is 11.6 Å². The third kappa shape index (κ3) is 2.01. The van der Waals surface area contributed by atoms with Crippen molar-refractivity contribution in [2.45, 2.75) is 0 Å². The van der Waals surface area contributed by atoms with Crippen molar-refractivity contribution in [1.29, 1.82) is 0 Å². The van der Waals surface area contributed by atoms with Crippen LogP contribution in [0.15, 0.2) is 42.7 Å². The molecule has 92 valence electrons. The molecule has 3 aromatic rings. The molecule has 0 amide bonds. The highest BCUT2D eigenvalue weighted by Crippen LogP contribution is 2.28. The number of benzene rings is 1. The molecule has 2 N–H and O–H groups in total. The van der Waals surface area contributed by atoms with E-state index in [-0.39, 0.29) is 12.5 Å². The molecular formula is C13H11BN4O. The molecule has 0 unspecified atom stereocenters. The maximum Gasteiger partial charge on any atom is 0.221 e. The van der Waals surface area contributed by atoms with Crippen LogP contribution in [0.5, 0.6) is 5.75 Å². The summed E-state index contributed by atoms with van der Waals surface area (Å²) in [6, 6.07) is 9.53. The average molecular weight is 250 g/mol. The van der Waals surface area contributed by atoms with E-state index in [9.17, 15) is 0 Å². The normalized spacial score (nSPS) is 10.7. The molecule has 1 aromatic carbocycles. The first-order valence-electron chi connectivity index (χ1n) is 5.81. The van der Waals surface area contributed by atoms with Crippen LogP contribution in [0, 0.1) is 0 Å². The second-order valence-electron chi connectivity index (χ2n) is 3.96. The van der Waals surface area contributed by atoms with Crippen LogP contribution >= 0.6 is 0 Å². The Balaban J connectivity index is 2.18. The van der Waals surface area contributed by atoms with Gasteiger partial charge < -0.3 is 15.0 Å². The topological polar surface area (TPSA) is 66.0 Å². The van der Waals surface area contributed by atoms with Crippen LogP contribution in [-0.4, -0.2) is 28.9 Å². The van der Waals surface area contributed by atoms with Gasteiger partial charge in [0.2, 0.25) is 5.95 Å². The first-order chi connectivity index (χ1) is 9.29. The lowest BCUT2D eigenvalue weighted by molar-refractivity contribution is 0.392. The first-order valence-corrected chi connectivity index (χ1v) is 5.81. The van der Waals surface area contributed by atoms with Gasteiger partial charge in [-0.2, -0.15) is 4.98 Å². The lowest BCUT2D eigenvalue weighted by atomic mass is 10.2. The van der Waals surface area contributed by atoms with Gasteiger partial charge in [-0.15, -0.1) is 0 Å². The van der Waals surface area contributed by atoms with Gasteiger partial charge in [0.1, 0.15) is 19.4 Å². The number of aromatic nitrogens is 3. The summed E-state index contributed by atoms with van der Waals surface area (Å²) in [6.45, 7) is 0.144. The number of nitrogens with two attached hydrogens (primary N) is 1. The summed E-state index contributed by atoms with van der Waals surface area (Å²) in [5, 5.41) is 0.977. The largest absolute Gasteiger partial charge is 0.503 e. The van der Waals surface area contributed by atoms with Gasteiger partial charge in [0, 0.05) is 24.3 Å². The van der Waals surface area contributed by atoms with Gasteiger partial charge in [-0.25, -0.2) is 4.98 Å². The fourth-order valence-electron chi connectivity index (χ4n) is 2.05. The standard InChI is InChI=1S/C13H11BN4O/c14-8-19-11-3-1-2-10-9(11)5-7-18(10)12-4-6-16-13(15)17-12/h1-7H,8H2,(H2,15,16,17). The molecule has 2 radical (unpaired) electrons. The fraction of sp³-hybridized carbons (Fsp3) is 0.0769. The number of ether oxygens (including phenoxy) is 1. The Morgan fingerprint density at radius 3 is 2.95 bits per heavy atom. The molecule has 0 saturated carbocycles. The molecule has 0 bridgehead atoms. The zero-order valence-corrected chi connectivity index (χ0v) is 10.2. The Hall–Kier alpha value is -2.50. The molecule has 3 rings (SSSR count). The van der Waals surface area contributed by atoms with Crippen LogP contribution in [0.3, 0.4) is 0 Å². The van der Waals surface area contributed by atoms with Gasteiger partial charge in [-0.3, -0.25) is 0 Å². The van der Waals surface area contributed by atoms with E-state index in [4.69, 9.17) is 18.3 Å². The third-order valence-corrected chi connectivity index (χ3v) is 2.84. The van der Waals surface area contributed by atoms with Crippen LogP contribution in [0.1, 0.15) is 0 Å². The molecule has 0 aliphatic rings. The summed E-state index contributed by atoms with van der Waals surface area (Å²) in [5.74, 6) is 1.71. The first kappa shape index (κ1) is 11.6. The fourth-order valence-corrected chi connectivity index (χ4v) is 2.05. The van der Waals surface area contributed by atoms with Crippen LogP contribution in [0.2, 0.25) is 0 Å². The van der Waals surface area contributed by atoms with Crippen molar-refractivity contribution in [3.05, 3.63) is 42.7 Å². The minimum atomic E-state index is 0.144. The van der Waals surface area contributed by atoms with Gasteiger partial charge in [0.25, 0.3) is 0 Å². The van der Waals surface area contributed by atoms with Crippen molar-refractivity contribution >= 4 is 24.7 Å². The monoisotopic (exact) mass is 250 g/mol. The number of hydrogen-bond acceptors (Lipinski definition) is 4. The molecule has 6 heteroatoms. The summed E-state index contributed by atoms with van der Waals surface area (Å²) < 4.78 is 7.33. The number of fused-ring (bicyclic) bond motifs is 1. The summed E-state index contributed by atoms with van der Waals surface area (Å²) >= 11 is 0. The van der Waals surface area contributed by atoms with Crippen molar-refractivity contribution in [2.24, 2.45) is 0 Å². The van der Waals surface area contributed by atoms with Crippen LogP contribution < -0.4 is 10.5 Å². The zero-order chi connectivity index (χ0) is 13.2. The molecule has 0 aliphatic carbocycles. The maximum atomic E-state index is 5.61. The quantitative estimate of drug-likeness (QED) is 0.715. The summed E-state index contributed by atoms with van der Waals surface area (Å²) in [7, 11) is 5.42. The van der Waals surface area contributed by atoms with E-state index in [1.807, 2.05) is 35.0 Å². The van der Waals surface area contributed by atoms with E-state index in [0.29, 0.717) is 5.82 Å². The minimum absolute atomic E-state index is 0.144. The van der Waals surface area contributed by atoms with Gasteiger partial charge in [-0.05, 0) is 24.3 Å². The molecule has 0 atom stereocenters. The number of anilines is 1. The van der Waals surface area contributed by atoms with E-state index < -0.39 is 0 Å². The lowest BCUT2D eigenvalue weighted by Crippen LogP contribution is -2.01. The number of hydrogen-bond donors (Lipinski definition) is 1. The molecule has 0 fully saturated rings. The predicted octanol–water partition coefficient (Wildman–Crippen LogP) is 1.51. The van der Waals surface area contributed by atoms with Gasteiger partial charge in [0.15, 0.2) is 0 Å². The van der Waals surface area contributed by atoms with Crippen molar-refractivity contribution in [3.63, 3.8) is 0 Å². The van der Waals surface area contributed by atoms with Gasteiger partial charge >= 0.3 is 0 Å². The lowest BCUT2D eigenvalue weighted by Gasteiger charge is -2.07. The Morgan fingerprint density at radius 2 is 2.16 bits per heavy atom. The molecular weight excluding hydrogens is 239 g/mol. The van der Waals surface area contributed by atoms with Crippen LogP contribution in [0.4, 0.5) is 5.95 Å². The second kappa shape index (κ2) is 4.64. The van der Waals surface area contributed by atoms with Gasteiger partial charge in [-0.1, -0.05) is 6.07 Å². The van der Waals surface area contributed by atoms with Gasteiger partial charge in [0.05, 0.1) is 5.52 Å². The second-order valence-corrected chi connectivity index (χ2v) is 3.96. The van der Waals surface area contributed by atoms with E-state index in [1.165, 1.54) is 0 Å². The third-order valence-electron chi connectivity index (χ3n) is 2.84. The highest BCUT2D eigenvalue weighted by Gasteiger charge is 2.08. The molecule has 0 spiro atoms. The van der Waals surface area contributed by atoms with Crippen molar-refractivity contribution < 1.29 is 4.74 Å². The average Bonchev–Trinajstić information content (AvgIpc) is 2.84. The van der Waals surface area contributed by atoms with E-state index in [2.05, 4.69) is 9.97 Å². The summed E-state index contributed by atoms with van der Waals surface area (Å²) in [4.78, 5) is 8.09. The highest BCUT2D eigenvalue weighted by atomic mass is 16.5. The number of rotatable bonds is 3. The minimum Gasteiger partial charge on any atom is -0.503 e. The van der Waals surface area contributed by atoms with E-state index in [0.717, 1.165) is 16.7 Å². The Bertz CT molecular complexity index is 725. The Labute approximate surface area is 111 Å². The van der Waals surface area contributed by atoms with E-state index >= 15 is 0 Å². The molecule has 19 heavy (non-hydrogen) atoms. The number of nitrogens with zero attached hydrogens (tertiary/aromatic N) is 3. The van der Waals surface area contributed by atoms with Crippen molar-refractivity contribution in [2.75, 3.05) is 12.2 Å². The van der Waals surface area contributed by atoms with Crippen LogP contribution in [0.25, 0.3) is 16.7 Å². The highest BCUT2D eigenvalue weighted by molar-refractivity contribution is 6.08. The molecule has 0 aliphatic heterocycles. The predicted molar refractivity (Wildman–Crippen MR) is 74.5 cm³/mol. The molecule has 0 saturated heterocycles. The smallest absolute Gasteiger partial charge is 0.221 e. The maximum absolute atomic E-state index is 5.61. The molecule has 5 nitrogen and oxygen atoms in total. The summed E-state index contributed by atoms with van der Waals surface area (Å²) in [6.07, 6.45) is 3.54. The molecule has 2 heterocycles. The Kier molecular flexibility index (Phi) is 2.83. The zero-order valence-electron chi connectivity index (χ0n) is 10.2. The molecule has 2 aromatic heterocycles. The van der Waals surface area contributed by atoms with Crippen molar-refractivity contribution in [1.82, 2.24) is 14.5 Å².